The second-order valence-corrected chi connectivity index (χ2v) is 5.49. The molecule has 6 heteroatoms. The molecule has 5 nitrogen and oxygen atoms in total. The van der Waals surface area contributed by atoms with Gasteiger partial charge in [-0.15, -0.1) is 11.3 Å². The van der Waals surface area contributed by atoms with Crippen LogP contribution in [0.2, 0.25) is 0 Å². The van der Waals surface area contributed by atoms with E-state index in [1.165, 1.54) is 4.88 Å². The number of thiazole rings is 1. The van der Waals surface area contributed by atoms with E-state index in [1.54, 1.807) is 17.5 Å². The SMILES string of the molecule is c1cc(N2CCOCC2)cc(OCCc2cncs2)n1. The average molecular weight is 291 g/mol. The zero-order valence-electron chi connectivity index (χ0n) is 11.2. The van der Waals surface area contributed by atoms with Crippen molar-refractivity contribution in [1.82, 2.24) is 9.97 Å². The highest BCUT2D eigenvalue weighted by molar-refractivity contribution is 7.09. The van der Waals surface area contributed by atoms with E-state index in [2.05, 4.69) is 14.9 Å². The molecule has 3 rings (SSSR count). The fourth-order valence-electron chi connectivity index (χ4n) is 2.12. The molecule has 3 heterocycles. The predicted octanol–water partition coefficient (Wildman–Crippen LogP) is 2.00. The van der Waals surface area contributed by atoms with Crippen molar-refractivity contribution in [3.05, 3.63) is 34.9 Å². The third-order valence-electron chi connectivity index (χ3n) is 3.18. The monoisotopic (exact) mass is 291 g/mol. The molecule has 0 aliphatic carbocycles. The number of hydrogen-bond acceptors (Lipinski definition) is 6. The summed E-state index contributed by atoms with van der Waals surface area (Å²) in [5.74, 6) is 0.679. The standard InChI is InChI=1S/C14H17N3O2S/c1-3-16-14(19-6-2-13-10-15-11-20-13)9-12(1)17-4-7-18-8-5-17/h1,3,9-11H,2,4-8H2. The summed E-state index contributed by atoms with van der Waals surface area (Å²) in [6.45, 7) is 4.03. The first kappa shape index (κ1) is 13.3. The Morgan fingerprint density at radius 2 is 2.25 bits per heavy atom. The average Bonchev–Trinajstić information content (AvgIpc) is 3.02. The van der Waals surface area contributed by atoms with Crippen LogP contribution in [0.3, 0.4) is 0 Å². The molecule has 0 spiro atoms. The molecule has 0 N–H and O–H groups in total. The molecule has 0 atom stereocenters. The number of nitrogens with zero attached hydrogens (tertiary/aromatic N) is 3. The topological polar surface area (TPSA) is 47.5 Å². The van der Waals surface area contributed by atoms with Gasteiger partial charge in [0.1, 0.15) is 0 Å². The molecule has 2 aromatic rings. The second kappa shape index (κ2) is 6.67. The van der Waals surface area contributed by atoms with Crippen LogP contribution in [0, 0.1) is 0 Å². The van der Waals surface area contributed by atoms with Gasteiger partial charge in [0.15, 0.2) is 0 Å². The van der Waals surface area contributed by atoms with E-state index < -0.39 is 0 Å². The van der Waals surface area contributed by atoms with Gasteiger partial charge in [0.05, 0.1) is 25.3 Å². The van der Waals surface area contributed by atoms with E-state index in [0.717, 1.165) is 38.4 Å². The lowest BCUT2D eigenvalue weighted by Gasteiger charge is -2.28. The van der Waals surface area contributed by atoms with Crippen molar-refractivity contribution in [2.75, 3.05) is 37.8 Å². The highest BCUT2D eigenvalue weighted by Gasteiger charge is 2.12. The lowest BCUT2D eigenvalue weighted by Crippen LogP contribution is -2.36. The van der Waals surface area contributed by atoms with Gasteiger partial charge in [-0.25, -0.2) is 4.98 Å². The van der Waals surface area contributed by atoms with Gasteiger partial charge in [-0.2, -0.15) is 0 Å². The third-order valence-corrected chi connectivity index (χ3v) is 4.02. The van der Waals surface area contributed by atoms with Crippen molar-refractivity contribution in [3.63, 3.8) is 0 Å². The molecular weight excluding hydrogens is 274 g/mol. The van der Waals surface area contributed by atoms with Gasteiger partial charge in [-0.1, -0.05) is 0 Å². The Morgan fingerprint density at radius 3 is 3.05 bits per heavy atom. The first-order valence-electron chi connectivity index (χ1n) is 6.71. The van der Waals surface area contributed by atoms with Crippen LogP contribution < -0.4 is 9.64 Å². The van der Waals surface area contributed by atoms with Crippen LogP contribution in [0.25, 0.3) is 0 Å². The quantitative estimate of drug-likeness (QED) is 0.843. The van der Waals surface area contributed by atoms with E-state index in [4.69, 9.17) is 9.47 Å². The Hall–Kier alpha value is -1.66. The van der Waals surface area contributed by atoms with E-state index in [1.807, 2.05) is 23.8 Å². The van der Waals surface area contributed by atoms with Gasteiger partial charge < -0.3 is 14.4 Å². The minimum atomic E-state index is 0.627. The van der Waals surface area contributed by atoms with E-state index >= 15 is 0 Å². The van der Waals surface area contributed by atoms with Crippen LogP contribution in [0.1, 0.15) is 4.88 Å². The number of pyridine rings is 1. The maximum atomic E-state index is 5.72. The van der Waals surface area contributed by atoms with Crippen molar-refractivity contribution >= 4 is 17.0 Å². The number of aromatic nitrogens is 2. The minimum Gasteiger partial charge on any atom is -0.477 e. The molecule has 1 aliphatic heterocycles. The molecule has 0 aromatic carbocycles. The first-order chi connectivity index (χ1) is 9.92. The van der Waals surface area contributed by atoms with Crippen molar-refractivity contribution in [3.8, 4) is 5.88 Å². The lowest BCUT2D eigenvalue weighted by atomic mass is 10.3. The predicted molar refractivity (Wildman–Crippen MR) is 78.6 cm³/mol. The van der Waals surface area contributed by atoms with E-state index in [9.17, 15) is 0 Å². The summed E-state index contributed by atoms with van der Waals surface area (Å²) in [6, 6.07) is 4.01. The maximum absolute atomic E-state index is 5.72. The lowest BCUT2D eigenvalue weighted by molar-refractivity contribution is 0.122. The van der Waals surface area contributed by atoms with E-state index in [-0.39, 0.29) is 0 Å². The zero-order chi connectivity index (χ0) is 13.6. The number of rotatable bonds is 5. The first-order valence-corrected chi connectivity index (χ1v) is 7.59. The smallest absolute Gasteiger partial charge is 0.215 e. The Morgan fingerprint density at radius 1 is 1.35 bits per heavy atom. The van der Waals surface area contributed by atoms with Crippen molar-refractivity contribution in [2.45, 2.75) is 6.42 Å². The van der Waals surface area contributed by atoms with Crippen LogP contribution in [0.5, 0.6) is 5.88 Å². The summed E-state index contributed by atoms with van der Waals surface area (Å²) >= 11 is 1.65. The fraction of sp³-hybridized carbons (Fsp3) is 0.429. The molecule has 1 saturated heterocycles. The molecule has 0 saturated carbocycles. The molecule has 20 heavy (non-hydrogen) atoms. The molecular formula is C14H17N3O2S. The Kier molecular flexibility index (Phi) is 4.45. The maximum Gasteiger partial charge on any atom is 0.215 e. The largest absolute Gasteiger partial charge is 0.477 e. The molecule has 0 radical (unpaired) electrons. The molecule has 2 aromatic heterocycles. The summed E-state index contributed by atoms with van der Waals surface area (Å²) in [5.41, 5.74) is 2.99. The van der Waals surface area contributed by atoms with Gasteiger partial charge in [-0.05, 0) is 6.07 Å². The van der Waals surface area contributed by atoms with Crippen molar-refractivity contribution in [1.29, 1.82) is 0 Å². The fourth-order valence-corrected chi connectivity index (χ4v) is 2.70. The number of anilines is 1. The van der Waals surface area contributed by atoms with Crippen LogP contribution in [0.15, 0.2) is 30.0 Å². The van der Waals surface area contributed by atoms with Gasteiger partial charge >= 0.3 is 0 Å². The van der Waals surface area contributed by atoms with Crippen molar-refractivity contribution < 1.29 is 9.47 Å². The van der Waals surface area contributed by atoms with Gasteiger partial charge in [0, 0.05) is 48.5 Å². The Balaban J connectivity index is 1.56. The number of hydrogen-bond donors (Lipinski definition) is 0. The number of morpholine rings is 1. The summed E-state index contributed by atoms with van der Waals surface area (Å²) in [4.78, 5) is 11.8. The second-order valence-electron chi connectivity index (χ2n) is 4.52. The molecule has 0 bridgehead atoms. The Bertz CT molecular complexity index is 527. The summed E-state index contributed by atoms with van der Waals surface area (Å²) in [7, 11) is 0. The van der Waals surface area contributed by atoms with Gasteiger partial charge in [0.25, 0.3) is 0 Å². The van der Waals surface area contributed by atoms with E-state index in [0.29, 0.717) is 12.5 Å². The highest BCUT2D eigenvalue weighted by Crippen LogP contribution is 2.20. The molecule has 1 fully saturated rings. The van der Waals surface area contributed by atoms with Crippen LogP contribution >= 0.6 is 11.3 Å². The molecule has 0 amide bonds. The van der Waals surface area contributed by atoms with Crippen LogP contribution in [0.4, 0.5) is 5.69 Å². The van der Waals surface area contributed by atoms with Crippen LogP contribution in [-0.4, -0.2) is 42.9 Å². The van der Waals surface area contributed by atoms with Gasteiger partial charge in [0.2, 0.25) is 5.88 Å². The summed E-state index contributed by atoms with van der Waals surface area (Å²) in [6.07, 6.45) is 4.55. The minimum absolute atomic E-state index is 0.627. The normalized spacial score (nSPS) is 15.3. The van der Waals surface area contributed by atoms with Crippen LogP contribution in [-0.2, 0) is 11.2 Å². The van der Waals surface area contributed by atoms with Gasteiger partial charge in [-0.3, -0.25) is 4.98 Å². The number of ether oxygens (including phenoxy) is 2. The summed E-state index contributed by atoms with van der Waals surface area (Å²) in [5, 5.41) is 0. The molecule has 0 unspecified atom stereocenters. The molecule has 1 aliphatic rings. The Labute approximate surface area is 122 Å². The summed E-state index contributed by atoms with van der Waals surface area (Å²) < 4.78 is 11.1. The van der Waals surface area contributed by atoms with Crippen molar-refractivity contribution in [2.24, 2.45) is 0 Å². The zero-order valence-corrected chi connectivity index (χ0v) is 12.0. The molecule has 106 valence electrons. The highest BCUT2D eigenvalue weighted by atomic mass is 32.1. The third kappa shape index (κ3) is 3.46.